The molecule has 1 aliphatic heterocycles. The van der Waals surface area contributed by atoms with Gasteiger partial charge in [-0.05, 0) is 29.0 Å². The molecule has 0 radical (unpaired) electrons. The van der Waals surface area contributed by atoms with Crippen molar-refractivity contribution in [1.29, 1.82) is 0 Å². The smallest absolute Gasteiger partial charge is 0.331 e. The van der Waals surface area contributed by atoms with Crippen LogP contribution in [0.2, 0.25) is 0 Å². The zero-order chi connectivity index (χ0) is 19.9. The Labute approximate surface area is 170 Å². The summed E-state index contributed by atoms with van der Waals surface area (Å²) in [6.07, 6.45) is 4.43. The van der Waals surface area contributed by atoms with E-state index in [2.05, 4.69) is 25.2 Å². The highest BCUT2D eigenvalue weighted by atomic mass is 35.5. The van der Waals surface area contributed by atoms with Crippen LogP contribution < -0.4 is 5.32 Å². The number of nitrogens with zero attached hydrogens (tertiary/aromatic N) is 3. The molecule has 142 valence electrons. The number of rotatable bonds is 5. The zero-order valence-electron chi connectivity index (χ0n) is 14.8. The molecule has 9 heteroatoms. The van der Waals surface area contributed by atoms with Gasteiger partial charge in [0.05, 0.1) is 23.9 Å². The van der Waals surface area contributed by atoms with E-state index in [9.17, 15) is 9.59 Å². The van der Waals surface area contributed by atoms with Gasteiger partial charge in [-0.2, -0.15) is 5.10 Å². The molecule has 3 rings (SSSR count). The van der Waals surface area contributed by atoms with Gasteiger partial charge < -0.3 is 4.74 Å². The third-order valence-corrected chi connectivity index (χ3v) is 4.85. The second-order valence-electron chi connectivity index (χ2n) is 5.54. The van der Waals surface area contributed by atoms with Crippen LogP contribution in [0.5, 0.6) is 0 Å². The minimum Gasteiger partial charge on any atom is -0.466 e. The fourth-order valence-electron chi connectivity index (χ4n) is 2.20. The van der Waals surface area contributed by atoms with Crippen LogP contribution in [0.1, 0.15) is 11.1 Å². The topological polar surface area (TPSA) is 93.0 Å². The number of hydrogen-bond donors (Lipinski definition) is 1. The molecule has 2 heterocycles. The second kappa shape index (κ2) is 9.29. The molecule has 0 bridgehead atoms. The van der Waals surface area contributed by atoms with Gasteiger partial charge in [0.2, 0.25) is 0 Å². The lowest BCUT2D eigenvalue weighted by atomic mass is 10.1. The van der Waals surface area contributed by atoms with Gasteiger partial charge in [-0.1, -0.05) is 30.3 Å². The molecule has 1 N–H and O–H groups in total. The lowest BCUT2D eigenvalue weighted by molar-refractivity contribution is -0.135. The number of halogens is 1. The second-order valence-corrected chi connectivity index (χ2v) is 6.84. The number of pyridine rings is 1. The molecule has 7 nitrogen and oxygen atoms in total. The van der Waals surface area contributed by atoms with Gasteiger partial charge in [-0.15, -0.1) is 16.7 Å². The standard InChI is InChI=1S/C19H15ClN4O3S/c1-27-17(25)8-16-18(26)23-19(28-16)24-22-11-12-2-5-14(6-3-12)15-7-4-13(9-20)10-21-15/h2-8,10-11H,9H2,1H3,(H,23,24,26)/b16-8+,22-11?. The number of ether oxygens (including phenoxy) is 1. The molecule has 28 heavy (non-hydrogen) atoms. The molecule has 1 amide bonds. The number of alkyl halides is 1. The maximum atomic E-state index is 11.7. The van der Waals surface area contributed by atoms with Crippen LogP contribution in [-0.4, -0.2) is 35.4 Å². The Bertz CT molecular complexity index is 970. The van der Waals surface area contributed by atoms with Gasteiger partial charge >= 0.3 is 5.97 Å². The number of carbonyl (C=O) groups is 2. The zero-order valence-corrected chi connectivity index (χ0v) is 16.3. The monoisotopic (exact) mass is 414 g/mol. The van der Waals surface area contributed by atoms with Crippen LogP contribution in [0.25, 0.3) is 11.3 Å². The SMILES string of the molecule is COC(=O)/C=C1/S/C(=N\N=Cc2ccc(-c3ccc(CCl)cn3)cc2)NC1=O. The van der Waals surface area contributed by atoms with Gasteiger partial charge in [0, 0.05) is 23.7 Å². The van der Waals surface area contributed by atoms with E-state index in [1.807, 2.05) is 36.4 Å². The predicted molar refractivity (Wildman–Crippen MR) is 110 cm³/mol. The van der Waals surface area contributed by atoms with Crippen molar-refractivity contribution in [2.45, 2.75) is 5.88 Å². The summed E-state index contributed by atoms with van der Waals surface area (Å²) in [5, 5.41) is 10.7. The number of methoxy groups -OCH3 is 1. The molecule has 0 aliphatic carbocycles. The van der Waals surface area contributed by atoms with Crippen molar-refractivity contribution in [1.82, 2.24) is 10.3 Å². The van der Waals surface area contributed by atoms with Crippen LogP contribution in [0.3, 0.4) is 0 Å². The van der Waals surface area contributed by atoms with Crippen LogP contribution in [-0.2, 0) is 20.2 Å². The van der Waals surface area contributed by atoms with Gasteiger partial charge in [0.15, 0.2) is 5.17 Å². The first-order valence-electron chi connectivity index (χ1n) is 8.10. The van der Waals surface area contributed by atoms with Crippen molar-refractivity contribution in [3.05, 3.63) is 64.7 Å². The number of esters is 1. The number of amides is 1. The fraction of sp³-hybridized carbons (Fsp3) is 0.105. The first kappa shape index (κ1) is 19.8. The van der Waals surface area contributed by atoms with Gasteiger partial charge in [0.1, 0.15) is 0 Å². The lowest BCUT2D eigenvalue weighted by Gasteiger charge is -2.02. The highest BCUT2D eigenvalue weighted by Crippen LogP contribution is 2.23. The number of nitrogens with one attached hydrogen (secondary N) is 1. The van der Waals surface area contributed by atoms with Gasteiger partial charge in [-0.25, -0.2) is 4.79 Å². The van der Waals surface area contributed by atoms with E-state index in [0.29, 0.717) is 5.88 Å². The normalized spacial score (nSPS) is 16.7. The Balaban J connectivity index is 1.65. The number of benzene rings is 1. The van der Waals surface area contributed by atoms with E-state index >= 15 is 0 Å². The van der Waals surface area contributed by atoms with E-state index in [-0.39, 0.29) is 10.1 Å². The number of aromatic nitrogens is 1. The van der Waals surface area contributed by atoms with E-state index in [4.69, 9.17) is 11.6 Å². The van der Waals surface area contributed by atoms with Gasteiger partial charge in [0.25, 0.3) is 5.91 Å². The molecule has 1 aromatic heterocycles. The van der Waals surface area contributed by atoms with E-state index in [1.54, 1.807) is 12.4 Å². The Hall–Kier alpha value is -2.97. The van der Waals surface area contributed by atoms with E-state index in [0.717, 1.165) is 40.2 Å². The number of hydrogen-bond acceptors (Lipinski definition) is 7. The molecule has 1 saturated heterocycles. The molecular weight excluding hydrogens is 400 g/mol. The van der Waals surface area contributed by atoms with E-state index in [1.165, 1.54) is 7.11 Å². The summed E-state index contributed by atoms with van der Waals surface area (Å²) in [4.78, 5) is 27.5. The quantitative estimate of drug-likeness (QED) is 0.267. The third-order valence-electron chi connectivity index (χ3n) is 3.64. The molecule has 1 fully saturated rings. The van der Waals surface area contributed by atoms with E-state index < -0.39 is 11.9 Å². The van der Waals surface area contributed by atoms with Crippen LogP contribution in [0.4, 0.5) is 0 Å². The molecule has 0 spiro atoms. The third kappa shape index (κ3) is 5.05. The van der Waals surface area contributed by atoms with Crippen molar-refractivity contribution >= 4 is 46.6 Å². The van der Waals surface area contributed by atoms with Crippen LogP contribution >= 0.6 is 23.4 Å². The minimum absolute atomic E-state index is 0.206. The van der Waals surface area contributed by atoms with Gasteiger partial charge in [-0.3, -0.25) is 15.1 Å². The average molecular weight is 415 g/mol. The molecule has 0 saturated carbocycles. The van der Waals surface area contributed by atoms with Crippen molar-refractivity contribution in [3.63, 3.8) is 0 Å². The summed E-state index contributed by atoms with van der Waals surface area (Å²) in [6, 6.07) is 11.5. The predicted octanol–water partition coefficient (Wildman–Crippen LogP) is 3.10. The summed E-state index contributed by atoms with van der Waals surface area (Å²) in [6.45, 7) is 0. The largest absolute Gasteiger partial charge is 0.466 e. The molecule has 0 unspecified atom stereocenters. The highest BCUT2D eigenvalue weighted by Gasteiger charge is 2.24. The lowest BCUT2D eigenvalue weighted by Crippen LogP contribution is -2.19. The first-order chi connectivity index (χ1) is 13.6. The van der Waals surface area contributed by atoms with Crippen molar-refractivity contribution < 1.29 is 14.3 Å². The molecule has 1 aliphatic rings. The molecular formula is C19H15ClN4O3S. The minimum atomic E-state index is -0.603. The summed E-state index contributed by atoms with van der Waals surface area (Å²) >= 11 is 6.79. The Morgan fingerprint density at radius 3 is 2.71 bits per heavy atom. The number of carbonyl (C=O) groups excluding carboxylic acids is 2. The summed E-state index contributed by atoms with van der Waals surface area (Å²) < 4.78 is 4.50. The van der Waals surface area contributed by atoms with Crippen molar-refractivity contribution in [3.8, 4) is 11.3 Å². The van der Waals surface area contributed by atoms with Crippen LogP contribution in [0, 0.1) is 0 Å². The maximum Gasteiger partial charge on any atom is 0.331 e. The molecule has 0 atom stereocenters. The average Bonchev–Trinajstić information content (AvgIpc) is 3.07. The molecule has 1 aromatic carbocycles. The fourth-order valence-corrected chi connectivity index (χ4v) is 3.10. The summed E-state index contributed by atoms with van der Waals surface area (Å²) in [5.74, 6) is -0.583. The Morgan fingerprint density at radius 2 is 2.07 bits per heavy atom. The number of thioether (sulfide) groups is 1. The van der Waals surface area contributed by atoms with Crippen molar-refractivity contribution in [2.24, 2.45) is 10.2 Å². The first-order valence-corrected chi connectivity index (χ1v) is 9.45. The highest BCUT2D eigenvalue weighted by molar-refractivity contribution is 8.18. The summed E-state index contributed by atoms with van der Waals surface area (Å²) in [7, 11) is 1.24. The summed E-state index contributed by atoms with van der Waals surface area (Å²) in [5.41, 5.74) is 3.63. The Morgan fingerprint density at radius 1 is 1.29 bits per heavy atom. The number of amidine groups is 1. The maximum absolute atomic E-state index is 11.7. The van der Waals surface area contributed by atoms with Crippen molar-refractivity contribution in [2.75, 3.05) is 7.11 Å². The molecule has 2 aromatic rings. The van der Waals surface area contributed by atoms with Crippen LogP contribution in [0.15, 0.2) is 63.8 Å². The Kier molecular flexibility index (Phi) is 6.57.